The van der Waals surface area contributed by atoms with Crippen LogP contribution in [0.2, 0.25) is 10.0 Å². The first-order valence-corrected chi connectivity index (χ1v) is 9.69. The molecule has 2 aromatic carbocycles. The molecule has 0 unspecified atom stereocenters. The molecule has 1 aromatic heterocycles. The van der Waals surface area contributed by atoms with Gasteiger partial charge >= 0.3 is 5.97 Å². The fraction of sp³-hybridized carbons (Fsp3) is 0.182. The number of hydrogen-bond acceptors (Lipinski definition) is 2. The monoisotopic (exact) mass is 433 g/mol. The fourth-order valence-corrected chi connectivity index (χ4v) is 3.68. The minimum atomic E-state index is -1.33. The van der Waals surface area contributed by atoms with Crippen molar-refractivity contribution in [1.82, 2.24) is 4.57 Å². The number of carbonyl (C=O) groups is 1. The summed E-state index contributed by atoms with van der Waals surface area (Å²) in [7, 11) is 0. The third-order valence-corrected chi connectivity index (χ3v) is 5.54. The molecule has 0 aliphatic rings. The molecule has 0 saturated heterocycles. The van der Waals surface area contributed by atoms with Gasteiger partial charge in [0.05, 0.1) is 15.7 Å². The highest BCUT2D eigenvalue weighted by Gasteiger charge is 2.22. The van der Waals surface area contributed by atoms with Gasteiger partial charge in [-0.15, -0.1) is 0 Å². The maximum atomic E-state index is 13.7. The largest absolute Gasteiger partial charge is 0.477 e. The summed E-state index contributed by atoms with van der Waals surface area (Å²) in [6.07, 6.45) is 0.279. The van der Waals surface area contributed by atoms with Gasteiger partial charge in [-0.25, -0.2) is 9.18 Å². The second-order valence-electron chi connectivity index (χ2n) is 6.65. The van der Waals surface area contributed by atoms with Crippen LogP contribution in [-0.4, -0.2) is 15.6 Å². The zero-order valence-corrected chi connectivity index (χ0v) is 17.3. The normalized spacial score (nSPS) is 10.9. The van der Waals surface area contributed by atoms with Gasteiger partial charge < -0.3 is 9.67 Å². The molecule has 150 valence electrons. The van der Waals surface area contributed by atoms with Crippen molar-refractivity contribution >= 4 is 29.2 Å². The Morgan fingerprint density at radius 3 is 2.45 bits per heavy atom. The SMILES string of the molecule is CCn1c(Cc2cc(F)ccc2C)cc(=O)c(C(=O)O)c1-c1ccc(Cl)c(Cl)c1. The van der Waals surface area contributed by atoms with Crippen LogP contribution in [0.15, 0.2) is 47.3 Å². The Hall–Kier alpha value is -2.63. The minimum Gasteiger partial charge on any atom is -0.477 e. The van der Waals surface area contributed by atoms with Crippen molar-refractivity contribution < 1.29 is 14.3 Å². The summed E-state index contributed by atoms with van der Waals surface area (Å²) in [5.41, 5.74) is 1.92. The van der Waals surface area contributed by atoms with E-state index in [1.54, 1.807) is 22.8 Å². The van der Waals surface area contributed by atoms with E-state index in [0.717, 1.165) is 11.1 Å². The Kier molecular flexibility index (Phi) is 6.10. The lowest BCUT2D eigenvalue weighted by atomic mass is 9.99. The molecule has 0 radical (unpaired) electrons. The van der Waals surface area contributed by atoms with Crippen molar-refractivity contribution in [2.24, 2.45) is 0 Å². The van der Waals surface area contributed by atoms with Crippen molar-refractivity contribution in [3.63, 3.8) is 0 Å². The molecule has 0 saturated carbocycles. The zero-order chi connectivity index (χ0) is 21.3. The first-order valence-electron chi connectivity index (χ1n) is 8.93. The number of halogens is 3. The van der Waals surface area contributed by atoms with Gasteiger partial charge in [0.1, 0.15) is 11.4 Å². The third kappa shape index (κ3) is 4.21. The molecule has 29 heavy (non-hydrogen) atoms. The van der Waals surface area contributed by atoms with Crippen LogP contribution in [0.1, 0.15) is 34.1 Å². The number of aromatic carboxylic acids is 1. The lowest BCUT2D eigenvalue weighted by molar-refractivity contribution is 0.0695. The van der Waals surface area contributed by atoms with Gasteiger partial charge in [0.15, 0.2) is 5.43 Å². The molecule has 0 bridgehead atoms. The van der Waals surface area contributed by atoms with E-state index in [9.17, 15) is 19.1 Å². The van der Waals surface area contributed by atoms with E-state index < -0.39 is 11.4 Å². The van der Waals surface area contributed by atoms with E-state index in [2.05, 4.69) is 0 Å². The second kappa shape index (κ2) is 8.39. The van der Waals surface area contributed by atoms with Crippen LogP contribution in [-0.2, 0) is 13.0 Å². The lowest BCUT2D eigenvalue weighted by Gasteiger charge is -2.20. The Balaban J connectivity index is 2.30. The van der Waals surface area contributed by atoms with Crippen LogP contribution < -0.4 is 5.43 Å². The first-order chi connectivity index (χ1) is 13.7. The van der Waals surface area contributed by atoms with Crippen LogP contribution in [0.4, 0.5) is 4.39 Å². The molecular weight excluding hydrogens is 416 g/mol. The van der Waals surface area contributed by atoms with E-state index in [0.29, 0.717) is 22.8 Å². The van der Waals surface area contributed by atoms with Gasteiger partial charge in [0.25, 0.3) is 0 Å². The molecule has 0 atom stereocenters. The summed E-state index contributed by atoms with van der Waals surface area (Å²) < 4.78 is 15.5. The molecule has 3 rings (SSSR count). The zero-order valence-electron chi connectivity index (χ0n) is 15.8. The van der Waals surface area contributed by atoms with Crippen LogP contribution in [0.3, 0.4) is 0 Å². The molecule has 0 aliphatic heterocycles. The number of aromatic nitrogens is 1. The second-order valence-corrected chi connectivity index (χ2v) is 7.46. The summed E-state index contributed by atoms with van der Waals surface area (Å²) in [6.45, 7) is 4.10. The number of benzene rings is 2. The number of hydrogen-bond donors (Lipinski definition) is 1. The van der Waals surface area contributed by atoms with Crippen LogP contribution in [0.25, 0.3) is 11.3 Å². The molecule has 4 nitrogen and oxygen atoms in total. The topological polar surface area (TPSA) is 59.3 Å². The summed E-state index contributed by atoms with van der Waals surface area (Å²) in [5.74, 6) is -1.70. The van der Waals surface area contributed by atoms with Crippen molar-refractivity contribution in [2.75, 3.05) is 0 Å². The number of carboxylic acid groups (broad SMARTS) is 1. The Morgan fingerprint density at radius 2 is 1.83 bits per heavy atom. The first kappa shape index (κ1) is 21.1. The minimum absolute atomic E-state index is 0.245. The van der Waals surface area contributed by atoms with Gasteiger partial charge in [0.2, 0.25) is 0 Å². The van der Waals surface area contributed by atoms with E-state index in [1.165, 1.54) is 24.3 Å². The van der Waals surface area contributed by atoms with E-state index in [-0.39, 0.29) is 28.5 Å². The molecule has 0 aliphatic carbocycles. The molecule has 1 N–H and O–H groups in total. The standard InChI is InChI=1S/C22H18Cl2FNO3/c1-3-26-16(9-14-8-15(25)6-4-12(14)2)11-19(27)20(22(28)29)21(26)13-5-7-17(23)18(24)10-13/h4-8,10-11H,3,9H2,1-2H3,(H,28,29). The molecule has 0 spiro atoms. The fourth-order valence-electron chi connectivity index (χ4n) is 3.38. The van der Waals surface area contributed by atoms with Gasteiger partial charge in [-0.1, -0.05) is 35.3 Å². The van der Waals surface area contributed by atoms with Gasteiger partial charge in [-0.3, -0.25) is 4.79 Å². The smallest absolute Gasteiger partial charge is 0.341 e. The number of carboxylic acids is 1. The molecule has 1 heterocycles. The Labute approximate surface area is 177 Å². The molecule has 7 heteroatoms. The molecular formula is C22H18Cl2FNO3. The Bertz CT molecular complexity index is 1170. The number of nitrogens with zero attached hydrogens (tertiary/aromatic N) is 1. The van der Waals surface area contributed by atoms with E-state index in [1.807, 2.05) is 13.8 Å². The highest BCUT2D eigenvalue weighted by atomic mass is 35.5. The summed E-state index contributed by atoms with van der Waals surface area (Å²) >= 11 is 12.1. The molecule has 3 aromatic rings. The lowest BCUT2D eigenvalue weighted by Crippen LogP contribution is -2.23. The maximum absolute atomic E-state index is 13.7. The van der Waals surface area contributed by atoms with Gasteiger partial charge in [-0.05, 0) is 49.2 Å². The molecule has 0 fully saturated rings. The van der Waals surface area contributed by atoms with Gasteiger partial charge in [-0.2, -0.15) is 0 Å². The van der Waals surface area contributed by atoms with Gasteiger partial charge in [0, 0.05) is 30.3 Å². The predicted octanol–water partition coefficient (Wildman–Crippen LogP) is 5.58. The highest BCUT2D eigenvalue weighted by molar-refractivity contribution is 6.42. The number of aryl methyl sites for hydroxylation is 1. The van der Waals surface area contributed by atoms with Crippen LogP contribution >= 0.6 is 23.2 Å². The van der Waals surface area contributed by atoms with Crippen LogP contribution in [0, 0.1) is 12.7 Å². The quantitative estimate of drug-likeness (QED) is 0.571. The average Bonchev–Trinajstić information content (AvgIpc) is 2.66. The number of rotatable bonds is 5. The summed E-state index contributed by atoms with van der Waals surface area (Å²) in [5, 5.41) is 10.3. The van der Waals surface area contributed by atoms with Crippen molar-refractivity contribution in [1.29, 1.82) is 0 Å². The Morgan fingerprint density at radius 1 is 1.10 bits per heavy atom. The summed E-state index contributed by atoms with van der Waals surface area (Å²) in [4.78, 5) is 24.6. The van der Waals surface area contributed by atoms with Crippen molar-refractivity contribution in [2.45, 2.75) is 26.8 Å². The maximum Gasteiger partial charge on any atom is 0.341 e. The molecule has 0 amide bonds. The van der Waals surface area contributed by atoms with Crippen LogP contribution in [0.5, 0.6) is 0 Å². The average molecular weight is 434 g/mol. The summed E-state index contributed by atoms with van der Waals surface area (Å²) in [6, 6.07) is 10.5. The van der Waals surface area contributed by atoms with Crippen molar-refractivity contribution in [3.8, 4) is 11.3 Å². The predicted molar refractivity (Wildman–Crippen MR) is 113 cm³/mol. The number of pyridine rings is 1. The third-order valence-electron chi connectivity index (χ3n) is 4.80. The highest BCUT2D eigenvalue weighted by Crippen LogP contribution is 2.31. The van der Waals surface area contributed by atoms with E-state index in [4.69, 9.17) is 23.2 Å². The van der Waals surface area contributed by atoms with E-state index >= 15 is 0 Å². The van der Waals surface area contributed by atoms with Crippen molar-refractivity contribution in [3.05, 3.63) is 90.9 Å².